The van der Waals surface area contributed by atoms with Crippen LogP contribution in [0.15, 0.2) is 35.4 Å². The molecule has 0 bridgehead atoms. The molecule has 1 N–H and O–H groups in total. The van der Waals surface area contributed by atoms with E-state index in [2.05, 4.69) is 10.3 Å². The molecule has 2 amide bonds. The van der Waals surface area contributed by atoms with Gasteiger partial charge in [-0.05, 0) is 31.2 Å². The molecule has 0 saturated carbocycles. The van der Waals surface area contributed by atoms with Gasteiger partial charge in [0.2, 0.25) is 21.8 Å². The standard InChI is InChI=1S/C17H20N4O4S2/c1-11-9-18-17(26-11)19-16(23)12-8-15(22)21(10-12)13-4-6-14(7-5-13)27(24,25)20(2)3/h4-7,9,12H,8,10H2,1-3H3,(H,18,19,23). The predicted octanol–water partition coefficient (Wildman–Crippen LogP) is 1.69. The Morgan fingerprint density at radius 3 is 2.52 bits per heavy atom. The molecule has 1 unspecified atom stereocenters. The molecule has 3 rings (SSSR count). The lowest BCUT2D eigenvalue weighted by Crippen LogP contribution is -2.28. The zero-order valence-corrected chi connectivity index (χ0v) is 16.8. The van der Waals surface area contributed by atoms with E-state index in [1.165, 1.54) is 42.5 Å². The van der Waals surface area contributed by atoms with Gasteiger partial charge in [0.25, 0.3) is 0 Å². The van der Waals surface area contributed by atoms with Crippen molar-refractivity contribution in [1.82, 2.24) is 9.29 Å². The first-order valence-corrected chi connectivity index (χ1v) is 10.5. The van der Waals surface area contributed by atoms with E-state index in [-0.39, 0.29) is 29.7 Å². The summed E-state index contributed by atoms with van der Waals surface area (Å²) in [7, 11) is -0.610. The van der Waals surface area contributed by atoms with Crippen LogP contribution in [0.5, 0.6) is 0 Å². The Bertz CT molecular complexity index is 967. The number of aryl methyl sites for hydroxylation is 1. The lowest BCUT2D eigenvalue weighted by Gasteiger charge is -2.18. The van der Waals surface area contributed by atoms with Gasteiger partial charge in [0.05, 0.1) is 10.8 Å². The normalized spacial score (nSPS) is 17.6. The van der Waals surface area contributed by atoms with Crippen LogP contribution in [0.2, 0.25) is 0 Å². The van der Waals surface area contributed by atoms with Gasteiger partial charge in [-0.3, -0.25) is 9.59 Å². The molecule has 1 saturated heterocycles. The highest BCUT2D eigenvalue weighted by atomic mass is 32.2. The molecular formula is C17H20N4O4S2. The van der Waals surface area contributed by atoms with Crippen molar-refractivity contribution in [2.45, 2.75) is 18.2 Å². The predicted molar refractivity (Wildman–Crippen MR) is 103 cm³/mol. The molecule has 1 aliphatic heterocycles. The molecule has 10 heteroatoms. The first-order chi connectivity index (χ1) is 12.7. The maximum atomic E-state index is 12.4. The smallest absolute Gasteiger partial charge is 0.242 e. The summed E-state index contributed by atoms with van der Waals surface area (Å²) in [6.07, 6.45) is 1.78. The topological polar surface area (TPSA) is 99.7 Å². The van der Waals surface area contributed by atoms with E-state index in [1.807, 2.05) is 6.92 Å². The molecule has 144 valence electrons. The fourth-order valence-corrected chi connectivity index (χ4v) is 4.33. The molecule has 1 fully saturated rings. The summed E-state index contributed by atoms with van der Waals surface area (Å²) in [5.74, 6) is -0.896. The number of hydrogen-bond acceptors (Lipinski definition) is 6. The number of benzene rings is 1. The molecule has 0 radical (unpaired) electrons. The molecule has 1 atom stereocenters. The SMILES string of the molecule is Cc1cnc(NC(=O)C2CC(=O)N(c3ccc(S(=O)(=O)N(C)C)cc3)C2)s1. The van der Waals surface area contributed by atoms with Crippen molar-refractivity contribution in [2.24, 2.45) is 5.92 Å². The maximum absolute atomic E-state index is 12.4. The summed E-state index contributed by atoms with van der Waals surface area (Å²) in [4.78, 5) is 31.5. The third kappa shape index (κ3) is 4.02. The van der Waals surface area contributed by atoms with E-state index in [1.54, 1.807) is 18.3 Å². The molecule has 2 heterocycles. The Labute approximate surface area is 161 Å². The van der Waals surface area contributed by atoms with Crippen molar-refractivity contribution in [2.75, 3.05) is 30.9 Å². The quantitative estimate of drug-likeness (QED) is 0.812. The van der Waals surface area contributed by atoms with E-state index < -0.39 is 15.9 Å². The second kappa shape index (κ2) is 7.37. The van der Waals surface area contributed by atoms with Gasteiger partial charge in [0.15, 0.2) is 5.13 Å². The molecule has 8 nitrogen and oxygen atoms in total. The number of rotatable bonds is 5. The van der Waals surface area contributed by atoms with Crippen LogP contribution in [0, 0.1) is 12.8 Å². The summed E-state index contributed by atoms with van der Waals surface area (Å²) in [5, 5.41) is 3.26. The largest absolute Gasteiger partial charge is 0.312 e. The van der Waals surface area contributed by atoms with Crippen molar-refractivity contribution in [3.05, 3.63) is 35.3 Å². The molecule has 0 spiro atoms. The third-order valence-corrected chi connectivity index (χ3v) is 6.93. The number of nitrogens with one attached hydrogen (secondary N) is 1. The van der Waals surface area contributed by atoms with Gasteiger partial charge >= 0.3 is 0 Å². The number of amides is 2. The Morgan fingerprint density at radius 2 is 1.96 bits per heavy atom. The van der Waals surface area contributed by atoms with Crippen molar-refractivity contribution in [3.63, 3.8) is 0 Å². The fourth-order valence-electron chi connectivity index (χ4n) is 2.76. The fraction of sp³-hybridized carbons (Fsp3) is 0.353. The van der Waals surface area contributed by atoms with E-state index in [9.17, 15) is 18.0 Å². The molecule has 1 aromatic carbocycles. The Kier molecular flexibility index (Phi) is 5.31. The average molecular weight is 409 g/mol. The number of thiazole rings is 1. The molecule has 1 aromatic heterocycles. The highest BCUT2D eigenvalue weighted by Gasteiger charge is 2.35. The summed E-state index contributed by atoms with van der Waals surface area (Å²) >= 11 is 1.38. The van der Waals surface area contributed by atoms with Crippen LogP contribution < -0.4 is 10.2 Å². The lowest BCUT2D eigenvalue weighted by atomic mass is 10.1. The minimum Gasteiger partial charge on any atom is -0.312 e. The van der Waals surface area contributed by atoms with Crippen LogP contribution in [0.25, 0.3) is 0 Å². The minimum atomic E-state index is -3.53. The molecular weight excluding hydrogens is 388 g/mol. The second-order valence-corrected chi connectivity index (χ2v) is 9.84. The molecule has 0 aliphatic carbocycles. The van der Waals surface area contributed by atoms with Crippen molar-refractivity contribution >= 4 is 44.0 Å². The van der Waals surface area contributed by atoms with Crippen LogP contribution in [0.4, 0.5) is 10.8 Å². The third-order valence-electron chi connectivity index (χ3n) is 4.27. The number of sulfonamides is 1. The van der Waals surface area contributed by atoms with Gasteiger partial charge in [0.1, 0.15) is 0 Å². The van der Waals surface area contributed by atoms with E-state index in [0.29, 0.717) is 10.8 Å². The highest BCUT2D eigenvalue weighted by Crippen LogP contribution is 2.28. The van der Waals surface area contributed by atoms with Crippen LogP contribution in [-0.4, -0.2) is 50.2 Å². The average Bonchev–Trinajstić information content (AvgIpc) is 3.20. The van der Waals surface area contributed by atoms with Crippen molar-refractivity contribution in [1.29, 1.82) is 0 Å². The minimum absolute atomic E-state index is 0.105. The molecule has 1 aliphatic rings. The highest BCUT2D eigenvalue weighted by molar-refractivity contribution is 7.89. The maximum Gasteiger partial charge on any atom is 0.242 e. The number of aromatic nitrogens is 1. The van der Waals surface area contributed by atoms with Gasteiger partial charge in [-0.25, -0.2) is 17.7 Å². The van der Waals surface area contributed by atoms with Crippen LogP contribution in [-0.2, 0) is 19.6 Å². The van der Waals surface area contributed by atoms with Crippen LogP contribution in [0.3, 0.4) is 0 Å². The second-order valence-electron chi connectivity index (χ2n) is 6.45. The van der Waals surface area contributed by atoms with E-state index in [4.69, 9.17) is 0 Å². The van der Waals surface area contributed by atoms with Gasteiger partial charge in [-0.1, -0.05) is 0 Å². The number of anilines is 2. The summed E-state index contributed by atoms with van der Waals surface area (Å²) < 4.78 is 25.4. The van der Waals surface area contributed by atoms with Gasteiger partial charge in [0, 0.05) is 43.8 Å². The molecule has 27 heavy (non-hydrogen) atoms. The first-order valence-electron chi connectivity index (χ1n) is 8.24. The number of nitrogens with zero attached hydrogens (tertiary/aromatic N) is 3. The Morgan fingerprint density at radius 1 is 1.30 bits per heavy atom. The van der Waals surface area contributed by atoms with Crippen molar-refractivity contribution in [3.8, 4) is 0 Å². The van der Waals surface area contributed by atoms with Gasteiger partial charge in [-0.15, -0.1) is 11.3 Å². The summed E-state index contributed by atoms with van der Waals surface area (Å²) in [5.41, 5.74) is 0.568. The first kappa shape index (κ1) is 19.5. The van der Waals surface area contributed by atoms with Crippen LogP contribution >= 0.6 is 11.3 Å². The lowest BCUT2D eigenvalue weighted by molar-refractivity contribution is -0.122. The monoisotopic (exact) mass is 408 g/mol. The zero-order chi connectivity index (χ0) is 19.8. The van der Waals surface area contributed by atoms with Crippen LogP contribution in [0.1, 0.15) is 11.3 Å². The Hall–Kier alpha value is -2.30. The number of carbonyl (C=O) groups is 2. The van der Waals surface area contributed by atoms with E-state index in [0.717, 1.165) is 9.18 Å². The van der Waals surface area contributed by atoms with Gasteiger partial charge in [-0.2, -0.15) is 0 Å². The number of carbonyl (C=O) groups excluding carboxylic acids is 2. The summed E-state index contributed by atoms with van der Waals surface area (Å²) in [6.45, 7) is 2.14. The Balaban J connectivity index is 1.71. The zero-order valence-electron chi connectivity index (χ0n) is 15.2. The van der Waals surface area contributed by atoms with E-state index >= 15 is 0 Å². The van der Waals surface area contributed by atoms with Gasteiger partial charge < -0.3 is 10.2 Å². The van der Waals surface area contributed by atoms with Crippen molar-refractivity contribution < 1.29 is 18.0 Å². The summed E-state index contributed by atoms with van der Waals surface area (Å²) in [6, 6.07) is 6.09. The number of hydrogen-bond donors (Lipinski definition) is 1. The molecule has 2 aromatic rings.